The summed E-state index contributed by atoms with van der Waals surface area (Å²) in [6.45, 7) is 2.27. The summed E-state index contributed by atoms with van der Waals surface area (Å²) in [4.78, 5) is 25.2. The second-order valence-electron chi connectivity index (χ2n) is 5.52. The van der Waals surface area contributed by atoms with Crippen LogP contribution in [0.25, 0.3) is 10.7 Å². The van der Waals surface area contributed by atoms with Gasteiger partial charge in [0.25, 0.3) is 0 Å². The van der Waals surface area contributed by atoms with E-state index in [9.17, 15) is 9.59 Å². The molecule has 28 heavy (non-hydrogen) atoms. The number of ketones is 1. The minimum atomic E-state index is -0.522. The molecule has 6 nitrogen and oxygen atoms in total. The topological polar surface area (TPSA) is 74.1 Å². The number of hydrogen-bond acceptors (Lipinski definition) is 7. The maximum atomic E-state index is 12.2. The van der Waals surface area contributed by atoms with Crippen LogP contribution in [0, 0.1) is 0 Å². The van der Waals surface area contributed by atoms with Gasteiger partial charge in [0.2, 0.25) is 5.78 Å². The van der Waals surface area contributed by atoms with Gasteiger partial charge in [0.15, 0.2) is 17.6 Å². The molecule has 0 saturated carbocycles. The van der Waals surface area contributed by atoms with Crippen molar-refractivity contribution in [2.75, 3.05) is 12.4 Å². The molecule has 10 heteroatoms. The Morgan fingerprint density at radius 3 is 2.75 bits per heavy atom. The highest BCUT2D eigenvalue weighted by Gasteiger charge is 2.17. The Morgan fingerprint density at radius 2 is 2.07 bits per heavy atom. The second kappa shape index (κ2) is 9.56. The van der Waals surface area contributed by atoms with Gasteiger partial charge in [-0.2, -0.15) is 0 Å². The van der Waals surface area contributed by atoms with Gasteiger partial charge in [-0.3, -0.25) is 9.59 Å². The fraction of sp³-hybridized carbons (Fsp3) is 0.222. The molecule has 0 atom stereocenters. The van der Waals surface area contributed by atoms with Crippen molar-refractivity contribution in [1.82, 2.24) is 14.8 Å². The highest BCUT2D eigenvalue weighted by molar-refractivity contribution is 7.99. The van der Waals surface area contributed by atoms with Gasteiger partial charge in [-0.05, 0) is 36.6 Å². The normalized spacial score (nSPS) is 10.8. The number of aromatic nitrogens is 3. The summed E-state index contributed by atoms with van der Waals surface area (Å²) in [5.74, 6) is -0.131. The fourth-order valence-electron chi connectivity index (χ4n) is 2.37. The predicted octanol–water partition coefficient (Wildman–Crippen LogP) is 4.85. The first-order valence-electron chi connectivity index (χ1n) is 8.23. The number of Topliss-reactive ketones (excluding diaryl/α,β-unsaturated/α-hetero) is 1. The van der Waals surface area contributed by atoms with Gasteiger partial charge in [-0.15, -0.1) is 21.5 Å². The Labute approximate surface area is 179 Å². The van der Waals surface area contributed by atoms with Gasteiger partial charge in [-0.25, -0.2) is 0 Å². The van der Waals surface area contributed by atoms with Crippen LogP contribution in [0.5, 0.6) is 0 Å². The summed E-state index contributed by atoms with van der Waals surface area (Å²) in [7, 11) is 0. The molecular formula is C18H15Cl2N3O3S2. The molecule has 0 N–H and O–H groups in total. The number of thiophene rings is 1. The first-order chi connectivity index (χ1) is 13.5. The van der Waals surface area contributed by atoms with Crippen LogP contribution in [0.2, 0.25) is 10.0 Å². The third-order valence-electron chi connectivity index (χ3n) is 3.69. The van der Waals surface area contributed by atoms with Gasteiger partial charge < -0.3 is 9.30 Å². The van der Waals surface area contributed by atoms with Crippen molar-refractivity contribution >= 4 is 58.1 Å². The van der Waals surface area contributed by atoms with Crippen molar-refractivity contribution < 1.29 is 14.3 Å². The van der Waals surface area contributed by atoms with Crippen LogP contribution in [-0.2, 0) is 16.1 Å². The number of nitrogens with zero attached hydrogens (tertiary/aromatic N) is 3. The van der Waals surface area contributed by atoms with Crippen LogP contribution in [0.1, 0.15) is 17.3 Å². The highest BCUT2D eigenvalue weighted by atomic mass is 35.5. The zero-order chi connectivity index (χ0) is 20.1. The molecule has 0 aliphatic rings. The van der Waals surface area contributed by atoms with Crippen molar-refractivity contribution in [3.8, 4) is 10.7 Å². The zero-order valence-electron chi connectivity index (χ0n) is 14.7. The number of ether oxygens (including phenoxy) is 1. The van der Waals surface area contributed by atoms with Gasteiger partial charge in [0.05, 0.1) is 15.7 Å². The summed E-state index contributed by atoms with van der Waals surface area (Å²) < 4.78 is 6.99. The summed E-state index contributed by atoms with van der Waals surface area (Å²) in [6, 6.07) is 8.45. The van der Waals surface area contributed by atoms with Crippen LogP contribution < -0.4 is 0 Å². The minimum absolute atomic E-state index is 0.0181. The van der Waals surface area contributed by atoms with Crippen LogP contribution in [0.15, 0.2) is 40.9 Å². The van der Waals surface area contributed by atoms with Crippen LogP contribution in [-0.4, -0.2) is 38.9 Å². The standard InChI is InChI=1S/C18H15Cl2N3O3S2/c1-2-23-17(15-4-3-7-27-15)21-22-18(23)28-10-16(25)26-9-14(24)12-6-5-11(19)8-13(12)20/h3-8H,2,9-10H2,1H3. The summed E-state index contributed by atoms with van der Waals surface area (Å²) >= 11 is 14.6. The van der Waals surface area contributed by atoms with Crippen molar-refractivity contribution in [2.45, 2.75) is 18.6 Å². The number of carbonyl (C=O) groups is 2. The Balaban J connectivity index is 1.55. The quantitative estimate of drug-likeness (QED) is 0.274. The zero-order valence-corrected chi connectivity index (χ0v) is 17.9. The average molecular weight is 456 g/mol. The van der Waals surface area contributed by atoms with E-state index in [4.69, 9.17) is 27.9 Å². The Bertz CT molecular complexity index is 990. The summed E-state index contributed by atoms with van der Waals surface area (Å²) in [5.41, 5.74) is 0.262. The first-order valence-corrected chi connectivity index (χ1v) is 10.9. The smallest absolute Gasteiger partial charge is 0.316 e. The SMILES string of the molecule is CCn1c(SCC(=O)OCC(=O)c2ccc(Cl)cc2Cl)nnc1-c1cccs1. The molecule has 0 aliphatic carbocycles. The largest absolute Gasteiger partial charge is 0.457 e. The van der Waals surface area contributed by atoms with Gasteiger partial charge >= 0.3 is 5.97 Å². The molecule has 0 fully saturated rings. The van der Waals surface area contributed by atoms with E-state index in [0.717, 1.165) is 10.7 Å². The number of halogens is 2. The molecule has 3 aromatic rings. The molecule has 0 spiro atoms. The first kappa shape index (κ1) is 20.9. The Morgan fingerprint density at radius 1 is 1.25 bits per heavy atom. The molecule has 0 unspecified atom stereocenters. The number of hydrogen-bond donors (Lipinski definition) is 0. The third kappa shape index (κ3) is 4.94. The summed E-state index contributed by atoms with van der Waals surface area (Å²) in [6.07, 6.45) is 0. The van der Waals surface area contributed by atoms with Crippen molar-refractivity contribution in [1.29, 1.82) is 0 Å². The van der Waals surface area contributed by atoms with Gasteiger partial charge in [-0.1, -0.05) is 41.0 Å². The molecule has 1 aromatic carbocycles. The number of rotatable bonds is 8. The van der Waals surface area contributed by atoms with Crippen LogP contribution in [0.4, 0.5) is 0 Å². The predicted molar refractivity (Wildman–Crippen MR) is 111 cm³/mol. The molecule has 3 rings (SSSR count). The molecule has 2 aromatic heterocycles. The molecule has 0 bridgehead atoms. The maximum absolute atomic E-state index is 12.2. The van der Waals surface area contributed by atoms with E-state index in [0.29, 0.717) is 16.7 Å². The van der Waals surface area contributed by atoms with E-state index < -0.39 is 11.8 Å². The van der Waals surface area contributed by atoms with E-state index in [-0.39, 0.29) is 22.9 Å². The van der Waals surface area contributed by atoms with Crippen molar-refractivity contribution in [3.63, 3.8) is 0 Å². The van der Waals surface area contributed by atoms with Crippen molar-refractivity contribution in [3.05, 3.63) is 51.3 Å². The van der Waals surface area contributed by atoms with Crippen LogP contribution in [0.3, 0.4) is 0 Å². The second-order valence-corrected chi connectivity index (χ2v) is 8.26. The molecular weight excluding hydrogens is 441 g/mol. The van der Waals surface area contributed by atoms with E-state index in [2.05, 4.69) is 10.2 Å². The van der Waals surface area contributed by atoms with Crippen molar-refractivity contribution in [2.24, 2.45) is 0 Å². The van der Waals surface area contributed by atoms with E-state index >= 15 is 0 Å². The number of thioether (sulfide) groups is 1. The Hall–Kier alpha value is -1.87. The molecule has 0 aliphatic heterocycles. The van der Waals surface area contributed by atoms with Gasteiger partial charge in [0, 0.05) is 17.1 Å². The number of esters is 1. The lowest BCUT2D eigenvalue weighted by Crippen LogP contribution is -2.16. The third-order valence-corrected chi connectivity index (χ3v) is 6.04. The average Bonchev–Trinajstić information content (AvgIpc) is 3.33. The van der Waals surface area contributed by atoms with E-state index in [1.165, 1.54) is 23.9 Å². The lowest BCUT2D eigenvalue weighted by atomic mass is 10.1. The molecule has 0 amide bonds. The lowest BCUT2D eigenvalue weighted by Gasteiger charge is -2.07. The number of benzene rings is 1. The van der Waals surface area contributed by atoms with Crippen LogP contribution >= 0.6 is 46.3 Å². The molecule has 0 radical (unpaired) electrons. The molecule has 0 saturated heterocycles. The summed E-state index contributed by atoms with van der Waals surface area (Å²) in [5, 5.41) is 11.6. The Kier molecular flexibility index (Phi) is 7.12. The van der Waals surface area contributed by atoms with Gasteiger partial charge in [0.1, 0.15) is 0 Å². The number of carbonyl (C=O) groups excluding carboxylic acids is 2. The van der Waals surface area contributed by atoms with E-state index in [1.54, 1.807) is 17.4 Å². The minimum Gasteiger partial charge on any atom is -0.457 e. The highest BCUT2D eigenvalue weighted by Crippen LogP contribution is 2.27. The fourth-order valence-corrected chi connectivity index (χ4v) is 4.40. The lowest BCUT2D eigenvalue weighted by molar-refractivity contribution is -0.139. The monoisotopic (exact) mass is 455 g/mol. The molecule has 146 valence electrons. The van der Waals surface area contributed by atoms with E-state index in [1.807, 2.05) is 29.0 Å². The molecule has 2 heterocycles. The maximum Gasteiger partial charge on any atom is 0.316 e.